The second kappa shape index (κ2) is 17.7. The summed E-state index contributed by atoms with van der Waals surface area (Å²) in [4.78, 5) is 9.28. The van der Waals surface area contributed by atoms with Crippen LogP contribution in [0.1, 0.15) is 217 Å². The van der Waals surface area contributed by atoms with Crippen molar-refractivity contribution >= 4 is 87.6 Å². The molecule has 0 unspecified atom stereocenters. The summed E-state index contributed by atoms with van der Waals surface area (Å²) in [7, 11) is 0. The highest BCUT2D eigenvalue weighted by Gasteiger charge is 2.53. The summed E-state index contributed by atoms with van der Waals surface area (Å²) in [6, 6.07) is 92.1. The van der Waals surface area contributed by atoms with Gasteiger partial charge in [0.25, 0.3) is 0 Å². The van der Waals surface area contributed by atoms with Gasteiger partial charge in [-0.2, -0.15) is 10.5 Å². The van der Waals surface area contributed by atoms with Gasteiger partial charge in [-0.3, -0.25) is 0 Å². The molecule has 4 heterocycles. The Labute approximate surface area is 602 Å². The highest BCUT2D eigenvalue weighted by Crippen LogP contribution is 2.70. The zero-order valence-corrected chi connectivity index (χ0v) is 56.7. The molecule has 0 N–H and O–H groups in total. The molecule has 0 saturated heterocycles. The molecule has 6 heteroatoms. The molecule has 14 aromatic carbocycles. The molecular formula is C99H52N6. The van der Waals surface area contributed by atoms with Gasteiger partial charge in [0, 0.05) is 107 Å². The maximum Gasteiger partial charge on any atom is 0.193 e. The fourth-order valence-electron chi connectivity index (χ4n) is 24.8. The molecule has 478 valence electrons. The number of hydrogen-bond acceptors (Lipinski definition) is 2. The first-order valence-electron chi connectivity index (χ1n) is 36.9. The Hall–Kier alpha value is -13.4. The summed E-state index contributed by atoms with van der Waals surface area (Å²) in [6.45, 7) is 23.8. The molecule has 6 nitrogen and oxygen atoms in total. The van der Waals surface area contributed by atoms with Crippen LogP contribution in [0, 0.1) is 35.8 Å². The van der Waals surface area contributed by atoms with E-state index in [0.717, 1.165) is 66.1 Å². The topological polar surface area (TPSA) is 65.1 Å². The summed E-state index contributed by atoms with van der Waals surface area (Å²) in [5, 5.41) is 33.5. The molecule has 31 rings (SSSR count). The lowest BCUT2D eigenvalue weighted by atomic mass is 9.59. The van der Waals surface area contributed by atoms with E-state index < -0.39 is 5.41 Å². The molecule has 105 heavy (non-hydrogen) atoms. The van der Waals surface area contributed by atoms with Gasteiger partial charge in [0.1, 0.15) is 0 Å². The maximum absolute atomic E-state index is 12.0. The number of aromatic nitrogens is 2. The molecule has 18 aromatic rings. The van der Waals surface area contributed by atoms with Crippen molar-refractivity contribution in [2.24, 2.45) is 0 Å². The van der Waals surface area contributed by atoms with Crippen LogP contribution in [0.4, 0.5) is 11.4 Å². The Kier molecular flexibility index (Phi) is 9.19. The van der Waals surface area contributed by atoms with Crippen molar-refractivity contribution in [1.82, 2.24) is 8.80 Å². The van der Waals surface area contributed by atoms with E-state index in [-0.39, 0.29) is 47.3 Å². The number of nitrogens with zero attached hydrogens (tertiary/aromatic N) is 6. The second-order valence-electron chi connectivity index (χ2n) is 31.9. The van der Waals surface area contributed by atoms with Crippen LogP contribution in [0.5, 0.6) is 0 Å². The fourth-order valence-corrected chi connectivity index (χ4v) is 24.8. The van der Waals surface area contributed by atoms with E-state index in [4.69, 9.17) is 0 Å². The van der Waals surface area contributed by atoms with E-state index in [2.05, 4.69) is 275 Å². The van der Waals surface area contributed by atoms with Crippen LogP contribution < -0.4 is 0 Å². The Morgan fingerprint density at radius 3 is 0.810 bits per heavy atom. The minimum Gasteiger partial charge on any atom is -0.310 e. The molecule has 0 atom stereocenters. The van der Waals surface area contributed by atoms with Crippen molar-refractivity contribution in [3.8, 4) is 23.3 Å². The molecule has 13 aliphatic rings. The quantitative estimate of drug-likeness (QED) is 0.142. The second-order valence-corrected chi connectivity index (χ2v) is 31.9. The van der Waals surface area contributed by atoms with E-state index in [1.165, 1.54) is 166 Å². The molecule has 4 aromatic heterocycles. The van der Waals surface area contributed by atoms with Gasteiger partial charge in [-0.25, -0.2) is 9.69 Å². The van der Waals surface area contributed by atoms with Crippen LogP contribution in [0.3, 0.4) is 0 Å². The van der Waals surface area contributed by atoms with Gasteiger partial charge in [0.15, 0.2) is 11.4 Å². The van der Waals surface area contributed by atoms with E-state index in [9.17, 15) is 23.7 Å². The largest absolute Gasteiger partial charge is 0.310 e. The predicted octanol–water partition coefficient (Wildman–Crippen LogP) is 23.1. The monoisotopic (exact) mass is 1320 g/mol. The highest BCUT2D eigenvalue weighted by atomic mass is 14.9. The molecule has 0 fully saturated rings. The van der Waals surface area contributed by atoms with E-state index in [0.29, 0.717) is 22.5 Å². The Bertz CT molecular complexity index is 6980. The summed E-state index contributed by atoms with van der Waals surface area (Å²) < 4.78 is 5.07. The standard InChI is InChI=1S/C99H52N6/c1-99(2)95-63(39-65-83-69(37-45(43-100)73-75-47-21-5-13-29-55(47)79(89(73)83)56-30-14-6-22-48(56)75)104-70-38-46(44-101)74-76-49-23-7-15-31-57(49)80(58-32-16-8-24-50(58)76)90(74)87(70)93(95)97(65)104)64-40-66-84-71(41-67(102-3)85-77-51-25-9-17-33-59(51)81(91(84)85)60-34-18-10-26-52(60)77)105-72-42-68(103-4)86-78-53-27-11-19-35-61(53)82(62-36-20-12-28-54(62)78)92(86)88(72)94(96(64)99)98(66)105/h5-42,75-82H,1-2H3. The minimum absolute atomic E-state index is 0.136. The average molecular weight is 1330 g/mol. The predicted molar refractivity (Wildman–Crippen MR) is 414 cm³/mol. The number of nitriles is 2. The summed E-state index contributed by atoms with van der Waals surface area (Å²) in [5.41, 5.74) is 43.0. The summed E-state index contributed by atoms with van der Waals surface area (Å²) in [6.07, 6.45) is 0. The fraction of sp³-hybridized carbons (Fsp3) is 0.111. The van der Waals surface area contributed by atoms with Crippen molar-refractivity contribution in [2.45, 2.75) is 66.6 Å². The zero-order valence-electron chi connectivity index (χ0n) is 56.7. The van der Waals surface area contributed by atoms with E-state index >= 15 is 0 Å². The van der Waals surface area contributed by atoms with Crippen LogP contribution in [-0.4, -0.2) is 8.80 Å². The maximum atomic E-state index is 12.0. The van der Waals surface area contributed by atoms with Crippen molar-refractivity contribution in [3.63, 3.8) is 0 Å². The highest BCUT2D eigenvalue weighted by molar-refractivity contribution is 6.33. The third kappa shape index (κ3) is 5.66. The Balaban J connectivity index is 0.878. The Morgan fingerprint density at radius 2 is 0.524 bits per heavy atom. The summed E-state index contributed by atoms with van der Waals surface area (Å²) >= 11 is 0. The SMILES string of the molecule is [C-]#[N+]c1cc2c(c3c1C1c4ccccc4C3c3ccccc31)c1cc3c(c4c5c6c(c([N+]#[C-])cc5n2c14)C1c2ccccc2C6c2ccccc21)C(C)(C)c1c-3cc2c3c4c(c(C#N)cc3n3c5cc(C#N)c6c(c5c1c23)C1c2ccccc2C6c2ccccc21)C1c2ccccc2C4c2ccccc21. The van der Waals surface area contributed by atoms with Crippen LogP contribution in [0.15, 0.2) is 231 Å². The van der Waals surface area contributed by atoms with Gasteiger partial charge in [-0.15, -0.1) is 0 Å². The van der Waals surface area contributed by atoms with Gasteiger partial charge >= 0.3 is 0 Å². The van der Waals surface area contributed by atoms with Gasteiger partial charge < -0.3 is 8.80 Å². The van der Waals surface area contributed by atoms with Gasteiger partial charge in [-0.1, -0.05) is 208 Å². The molecule has 0 amide bonds. The van der Waals surface area contributed by atoms with Crippen molar-refractivity contribution in [2.75, 3.05) is 0 Å². The first-order chi connectivity index (χ1) is 51.8. The third-order valence-corrected chi connectivity index (χ3v) is 27.8. The first kappa shape index (κ1) is 54.4. The lowest BCUT2D eigenvalue weighted by molar-refractivity contribution is 0.673. The van der Waals surface area contributed by atoms with Crippen LogP contribution in [0.2, 0.25) is 0 Å². The van der Waals surface area contributed by atoms with Crippen molar-refractivity contribution < 1.29 is 0 Å². The number of hydrogen-bond donors (Lipinski definition) is 0. The number of rotatable bonds is 0. The van der Waals surface area contributed by atoms with Gasteiger partial charge in [-0.05, 0) is 192 Å². The summed E-state index contributed by atoms with van der Waals surface area (Å²) in [5.74, 6) is -1.21. The van der Waals surface area contributed by atoms with E-state index in [1.807, 2.05) is 0 Å². The smallest absolute Gasteiger partial charge is 0.193 e. The van der Waals surface area contributed by atoms with E-state index in [1.54, 1.807) is 0 Å². The Morgan fingerprint density at radius 1 is 0.295 bits per heavy atom. The van der Waals surface area contributed by atoms with Crippen LogP contribution >= 0.6 is 0 Å². The van der Waals surface area contributed by atoms with Crippen molar-refractivity contribution in [1.29, 1.82) is 10.5 Å². The van der Waals surface area contributed by atoms with Crippen LogP contribution in [-0.2, 0) is 5.41 Å². The normalized spacial score (nSPS) is 20.5. The van der Waals surface area contributed by atoms with Gasteiger partial charge in [0.05, 0.1) is 58.5 Å². The molecule has 0 radical (unpaired) electrons. The third-order valence-electron chi connectivity index (χ3n) is 27.8. The minimum atomic E-state index is -0.713. The molecule has 8 bridgehead atoms. The molecule has 0 spiro atoms. The first-order valence-corrected chi connectivity index (χ1v) is 36.9. The number of fused-ring (bicyclic) bond motifs is 17. The molecular weight excluding hydrogens is 1270 g/mol. The van der Waals surface area contributed by atoms with Crippen molar-refractivity contribution in [3.05, 3.63) is 409 Å². The number of benzene rings is 14. The average Bonchev–Trinajstić information content (AvgIpc) is 1.48. The van der Waals surface area contributed by atoms with Crippen LogP contribution in [0.25, 0.3) is 97.0 Å². The molecule has 0 saturated carbocycles. The van der Waals surface area contributed by atoms with Gasteiger partial charge in [0.2, 0.25) is 0 Å². The zero-order chi connectivity index (χ0) is 68.5. The molecule has 0 aliphatic heterocycles. The lowest BCUT2D eigenvalue weighted by Crippen LogP contribution is -2.29. The molecule has 13 aliphatic carbocycles. The lowest BCUT2D eigenvalue weighted by Gasteiger charge is -2.43.